The summed E-state index contributed by atoms with van der Waals surface area (Å²) in [4.78, 5) is 4.71. The van der Waals surface area contributed by atoms with Gasteiger partial charge in [-0.2, -0.15) is 5.10 Å². The van der Waals surface area contributed by atoms with E-state index in [2.05, 4.69) is 31.9 Å². The maximum atomic E-state index is 8.06. The molecule has 0 amide bonds. The molecule has 0 unspecified atom stereocenters. The van der Waals surface area contributed by atoms with Crippen LogP contribution in [0.3, 0.4) is 0 Å². The van der Waals surface area contributed by atoms with Crippen LogP contribution in [0.5, 0.6) is 0 Å². The molecule has 0 fully saturated rings. The Kier molecular flexibility index (Phi) is 4.59. The largest absolute Gasteiger partial charge is 0.293 e. The summed E-state index contributed by atoms with van der Waals surface area (Å²) in [6, 6.07) is 7.66. The van der Waals surface area contributed by atoms with Gasteiger partial charge in [0.25, 0.3) is 0 Å². The zero-order valence-corrected chi connectivity index (χ0v) is 15.6. The van der Waals surface area contributed by atoms with Gasteiger partial charge in [-0.3, -0.25) is 25.1 Å². The molecule has 2 N–H and O–H groups in total. The lowest BCUT2D eigenvalue weighted by Crippen LogP contribution is -2.17. The lowest BCUT2D eigenvalue weighted by molar-refractivity contribution is 0.325. The Balaban J connectivity index is 2.08. The van der Waals surface area contributed by atoms with Crippen LogP contribution in [0.2, 0.25) is 0 Å². The second kappa shape index (κ2) is 6.71. The van der Waals surface area contributed by atoms with Crippen LogP contribution < -0.4 is 5.49 Å². The second-order valence-corrected chi connectivity index (χ2v) is 7.67. The van der Waals surface area contributed by atoms with E-state index < -0.39 is 0 Å². The molecule has 26 heavy (non-hydrogen) atoms. The number of aryl methyl sites for hydroxylation is 1. The highest BCUT2D eigenvalue weighted by Gasteiger charge is 2.15. The van der Waals surface area contributed by atoms with Crippen molar-refractivity contribution in [2.24, 2.45) is 5.41 Å². The van der Waals surface area contributed by atoms with Crippen molar-refractivity contribution in [3.05, 3.63) is 54.0 Å². The van der Waals surface area contributed by atoms with Gasteiger partial charge in [0.15, 0.2) is 0 Å². The molecule has 0 saturated heterocycles. The van der Waals surface area contributed by atoms with Crippen LogP contribution in [0.4, 0.5) is 0 Å². The van der Waals surface area contributed by atoms with Gasteiger partial charge < -0.3 is 0 Å². The lowest BCUT2D eigenvalue weighted by Gasteiger charge is -2.17. The molecule has 0 radical (unpaired) electrons. The van der Waals surface area contributed by atoms with E-state index in [0.29, 0.717) is 0 Å². The van der Waals surface area contributed by atoms with Crippen molar-refractivity contribution in [2.75, 3.05) is 0 Å². The SMILES string of the molecule is Cc1ccc(-c2cnn(CC(C)(C)C)c2)c(-c2ccn(C=N)c(=N)c2)n1. The lowest BCUT2D eigenvalue weighted by atomic mass is 9.97. The smallest absolute Gasteiger partial charge is 0.130 e. The molecule has 3 rings (SSSR count). The van der Waals surface area contributed by atoms with E-state index in [1.54, 1.807) is 12.3 Å². The molecule has 0 atom stereocenters. The first-order valence-corrected chi connectivity index (χ1v) is 8.55. The summed E-state index contributed by atoms with van der Waals surface area (Å²) in [7, 11) is 0. The maximum absolute atomic E-state index is 8.06. The fourth-order valence-electron chi connectivity index (χ4n) is 2.86. The van der Waals surface area contributed by atoms with Gasteiger partial charge in [0.1, 0.15) is 5.49 Å². The summed E-state index contributed by atoms with van der Waals surface area (Å²) in [5.41, 5.74) is 4.99. The predicted octanol–water partition coefficient (Wildman–Crippen LogP) is 3.70. The van der Waals surface area contributed by atoms with Crippen molar-refractivity contribution in [3.8, 4) is 22.4 Å². The molecular weight excluding hydrogens is 324 g/mol. The Morgan fingerprint density at radius 2 is 1.92 bits per heavy atom. The zero-order valence-electron chi connectivity index (χ0n) is 15.6. The van der Waals surface area contributed by atoms with E-state index in [0.717, 1.165) is 41.0 Å². The van der Waals surface area contributed by atoms with Crippen molar-refractivity contribution >= 4 is 6.34 Å². The van der Waals surface area contributed by atoms with Crippen molar-refractivity contribution in [3.63, 3.8) is 0 Å². The van der Waals surface area contributed by atoms with Crippen LogP contribution in [0.15, 0.2) is 42.9 Å². The molecule has 0 aliphatic carbocycles. The fraction of sp³-hybridized carbons (Fsp3) is 0.300. The van der Waals surface area contributed by atoms with Gasteiger partial charge in [0.05, 0.1) is 18.2 Å². The van der Waals surface area contributed by atoms with E-state index in [1.807, 2.05) is 36.1 Å². The number of pyridine rings is 2. The van der Waals surface area contributed by atoms with Gasteiger partial charge in [0, 0.05) is 41.3 Å². The number of hydrogen-bond donors (Lipinski definition) is 2. The third kappa shape index (κ3) is 3.79. The van der Waals surface area contributed by atoms with E-state index in [1.165, 1.54) is 4.57 Å². The minimum absolute atomic E-state index is 0.150. The third-order valence-corrected chi connectivity index (χ3v) is 4.01. The number of nitrogens with zero attached hydrogens (tertiary/aromatic N) is 4. The highest BCUT2D eigenvalue weighted by Crippen LogP contribution is 2.30. The molecule has 134 valence electrons. The number of aromatic nitrogens is 4. The van der Waals surface area contributed by atoms with Gasteiger partial charge in [-0.05, 0) is 30.5 Å². The molecule has 3 heterocycles. The van der Waals surface area contributed by atoms with Gasteiger partial charge >= 0.3 is 0 Å². The molecule has 0 aromatic carbocycles. The average Bonchev–Trinajstić information content (AvgIpc) is 3.01. The molecule has 6 nitrogen and oxygen atoms in total. The quantitative estimate of drug-likeness (QED) is 0.556. The molecule has 0 saturated carbocycles. The second-order valence-electron chi connectivity index (χ2n) is 7.67. The van der Waals surface area contributed by atoms with Crippen LogP contribution in [0.25, 0.3) is 22.4 Å². The Labute approximate surface area is 153 Å². The summed E-state index contributed by atoms with van der Waals surface area (Å²) in [5.74, 6) is 0. The van der Waals surface area contributed by atoms with Gasteiger partial charge in [0.2, 0.25) is 0 Å². The zero-order chi connectivity index (χ0) is 18.9. The molecule has 0 spiro atoms. The van der Waals surface area contributed by atoms with Crippen LogP contribution in [-0.2, 0) is 6.54 Å². The maximum Gasteiger partial charge on any atom is 0.130 e. The van der Waals surface area contributed by atoms with Crippen molar-refractivity contribution in [1.29, 1.82) is 10.8 Å². The van der Waals surface area contributed by atoms with Crippen molar-refractivity contribution in [2.45, 2.75) is 34.2 Å². The molecule has 3 aromatic heterocycles. The Bertz CT molecular complexity index is 1000. The highest BCUT2D eigenvalue weighted by molar-refractivity contribution is 5.80. The minimum atomic E-state index is 0.150. The van der Waals surface area contributed by atoms with Crippen LogP contribution in [0, 0.1) is 23.2 Å². The third-order valence-electron chi connectivity index (χ3n) is 4.01. The molecule has 3 aromatic rings. The van der Waals surface area contributed by atoms with Gasteiger partial charge in [-0.25, -0.2) is 0 Å². The Hall–Kier alpha value is -3.02. The molecule has 0 bridgehead atoms. The first-order valence-electron chi connectivity index (χ1n) is 8.55. The van der Waals surface area contributed by atoms with Crippen LogP contribution in [0.1, 0.15) is 26.5 Å². The van der Waals surface area contributed by atoms with Crippen LogP contribution >= 0.6 is 0 Å². The fourth-order valence-corrected chi connectivity index (χ4v) is 2.86. The topological polar surface area (TPSA) is 83.3 Å². The van der Waals surface area contributed by atoms with E-state index in [4.69, 9.17) is 15.8 Å². The molecule has 0 aliphatic rings. The first-order chi connectivity index (χ1) is 12.3. The highest BCUT2D eigenvalue weighted by atomic mass is 15.3. The summed E-state index contributed by atoms with van der Waals surface area (Å²) in [6.07, 6.45) is 6.74. The van der Waals surface area contributed by atoms with E-state index in [-0.39, 0.29) is 10.9 Å². The summed E-state index contributed by atoms with van der Waals surface area (Å²) in [5, 5.41) is 19.9. The first kappa shape index (κ1) is 17.8. The standard InChI is InChI=1S/C20H24N6/c1-14-5-6-17(16-10-23-26(11-16)12-20(2,3)4)19(24-14)15-7-8-25(13-21)18(22)9-15/h5-11,13,21-22H,12H2,1-4H3. The number of nitrogens with one attached hydrogen (secondary N) is 2. The number of rotatable bonds is 4. The van der Waals surface area contributed by atoms with E-state index >= 15 is 0 Å². The molecular formula is C20H24N6. The minimum Gasteiger partial charge on any atom is -0.293 e. The normalized spacial score (nSPS) is 11.5. The summed E-state index contributed by atoms with van der Waals surface area (Å²) in [6.45, 7) is 9.35. The van der Waals surface area contributed by atoms with Crippen molar-refractivity contribution < 1.29 is 0 Å². The summed E-state index contributed by atoms with van der Waals surface area (Å²) < 4.78 is 3.41. The average molecular weight is 348 g/mol. The molecule has 0 aliphatic heterocycles. The van der Waals surface area contributed by atoms with Crippen LogP contribution in [-0.4, -0.2) is 25.7 Å². The van der Waals surface area contributed by atoms with Crippen molar-refractivity contribution in [1.82, 2.24) is 19.3 Å². The monoisotopic (exact) mass is 348 g/mol. The Morgan fingerprint density at radius 1 is 1.15 bits per heavy atom. The number of hydrogen-bond acceptors (Lipinski definition) is 4. The van der Waals surface area contributed by atoms with Gasteiger partial charge in [-0.15, -0.1) is 0 Å². The summed E-state index contributed by atoms with van der Waals surface area (Å²) >= 11 is 0. The van der Waals surface area contributed by atoms with Gasteiger partial charge in [-0.1, -0.05) is 26.8 Å². The Morgan fingerprint density at radius 3 is 2.58 bits per heavy atom. The molecule has 6 heteroatoms. The van der Waals surface area contributed by atoms with E-state index in [9.17, 15) is 0 Å². The predicted molar refractivity (Wildman–Crippen MR) is 103 cm³/mol.